The molecule has 94 valence electrons. The molecule has 1 aliphatic heterocycles. The molecule has 2 atom stereocenters. The Kier molecular flexibility index (Phi) is 5.22. The van der Waals surface area contributed by atoms with E-state index < -0.39 is 5.97 Å². The number of carboxylic acids is 1. The number of carboxylic acid groups (broad SMARTS) is 1. The van der Waals surface area contributed by atoms with Crippen LogP contribution in [0.1, 0.15) is 45.4 Å². The highest BCUT2D eigenvalue weighted by molar-refractivity contribution is 5.66. The van der Waals surface area contributed by atoms with Gasteiger partial charge in [0, 0.05) is 19.1 Å². The molecular formula is C12H23NO3. The van der Waals surface area contributed by atoms with Gasteiger partial charge < -0.3 is 15.6 Å². The van der Waals surface area contributed by atoms with Gasteiger partial charge >= 0.3 is 5.97 Å². The summed E-state index contributed by atoms with van der Waals surface area (Å²) in [6.45, 7) is 3.55. The van der Waals surface area contributed by atoms with Crippen LogP contribution in [0.4, 0.5) is 0 Å². The first-order chi connectivity index (χ1) is 7.58. The van der Waals surface area contributed by atoms with Crippen molar-refractivity contribution in [2.75, 3.05) is 13.2 Å². The molecule has 0 aromatic carbocycles. The third kappa shape index (κ3) is 4.10. The Morgan fingerprint density at radius 3 is 2.88 bits per heavy atom. The van der Waals surface area contributed by atoms with E-state index in [0.29, 0.717) is 13.0 Å². The van der Waals surface area contributed by atoms with Crippen molar-refractivity contribution in [2.45, 2.75) is 51.5 Å². The fourth-order valence-electron chi connectivity index (χ4n) is 2.44. The van der Waals surface area contributed by atoms with Gasteiger partial charge in [-0.1, -0.05) is 6.92 Å². The molecule has 2 unspecified atom stereocenters. The van der Waals surface area contributed by atoms with Crippen molar-refractivity contribution >= 4 is 5.97 Å². The highest BCUT2D eigenvalue weighted by Crippen LogP contribution is 2.38. The second-order valence-corrected chi connectivity index (χ2v) is 4.92. The Morgan fingerprint density at radius 1 is 1.62 bits per heavy atom. The molecule has 0 amide bonds. The van der Waals surface area contributed by atoms with Crippen LogP contribution in [-0.4, -0.2) is 30.3 Å². The number of rotatable bonds is 6. The lowest BCUT2D eigenvalue weighted by molar-refractivity contribution is -0.138. The van der Waals surface area contributed by atoms with Crippen LogP contribution in [0, 0.1) is 5.41 Å². The van der Waals surface area contributed by atoms with Gasteiger partial charge in [-0.2, -0.15) is 0 Å². The molecule has 1 fully saturated rings. The van der Waals surface area contributed by atoms with E-state index in [1.807, 2.05) is 0 Å². The Labute approximate surface area is 97.2 Å². The molecule has 0 radical (unpaired) electrons. The molecule has 1 saturated heterocycles. The van der Waals surface area contributed by atoms with Crippen LogP contribution >= 0.6 is 0 Å². The lowest BCUT2D eigenvalue weighted by Crippen LogP contribution is -2.38. The van der Waals surface area contributed by atoms with E-state index in [1.165, 1.54) is 0 Å². The maximum atomic E-state index is 10.7. The molecule has 16 heavy (non-hydrogen) atoms. The van der Waals surface area contributed by atoms with Crippen LogP contribution in [0.2, 0.25) is 0 Å². The van der Waals surface area contributed by atoms with Gasteiger partial charge in [-0.05, 0) is 37.5 Å². The smallest absolute Gasteiger partial charge is 0.303 e. The van der Waals surface area contributed by atoms with Crippen molar-refractivity contribution in [1.82, 2.24) is 0 Å². The summed E-state index contributed by atoms with van der Waals surface area (Å²) in [6, 6.07) is 0.162. The van der Waals surface area contributed by atoms with Crippen molar-refractivity contribution < 1.29 is 14.6 Å². The van der Waals surface area contributed by atoms with Gasteiger partial charge in [0.25, 0.3) is 0 Å². The van der Waals surface area contributed by atoms with Crippen LogP contribution in [0.15, 0.2) is 0 Å². The highest BCUT2D eigenvalue weighted by atomic mass is 16.5. The predicted molar refractivity (Wildman–Crippen MR) is 62.2 cm³/mol. The molecule has 1 aliphatic rings. The van der Waals surface area contributed by atoms with Crippen molar-refractivity contribution in [2.24, 2.45) is 11.1 Å². The molecule has 0 aliphatic carbocycles. The molecule has 0 spiro atoms. The van der Waals surface area contributed by atoms with Gasteiger partial charge in [-0.25, -0.2) is 0 Å². The predicted octanol–water partition coefficient (Wildman–Crippen LogP) is 1.78. The van der Waals surface area contributed by atoms with Gasteiger partial charge in [-0.15, -0.1) is 0 Å². The van der Waals surface area contributed by atoms with Crippen molar-refractivity contribution in [3.63, 3.8) is 0 Å². The zero-order valence-electron chi connectivity index (χ0n) is 10.1. The number of hydrogen-bond donors (Lipinski definition) is 2. The van der Waals surface area contributed by atoms with Gasteiger partial charge in [0.1, 0.15) is 0 Å². The summed E-state index contributed by atoms with van der Waals surface area (Å²) in [4.78, 5) is 10.7. The first-order valence-electron chi connectivity index (χ1n) is 6.13. The van der Waals surface area contributed by atoms with Crippen molar-refractivity contribution in [1.29, 1.82) is 0 Å². The molecule has 3 N–H and O–H groups in total. The Hall–Kier alpha value is -0.610. The fourth-order valence-corrected chi connectivity index (χ4v) is 2.44. The van der Waals surface area contributed by atoms with E-state index in [4.69, 9.17) is 15.6 Å². The zero-order chi connectivity index (χ0) is 12.0. The topological polar surface area (TPSA) is 72.6 Å². The van der Waals surface area contributed by atoms with E-state index >= 15 is 0 Å². The standard InChI is InChI=1S/C12H23NO3/c1-2-10(13)8-12(6-4-11(14)15)5-3-7-16-9-12/h10H,2-9,13H2,1H3,(H,14,15). The summed E-state index contributed by atoms with van der Waals surface area (Å²) in [5.74, 6) is -0.727. The van der Waals surface area contributed by atoms with E-state index in [-0.39, 0.29) is 17.9 Å². The minimum absolute atomic E-state index is 0.00602. The first-order valence-corrected chi connectivity index (χ1v) is 6.13. The summed E-state index contributed by atoms with van der Waals surface area (Å²) in [7, 11) is 0. The molecule has 0 bridgehead atoms. The number of nitrogens with two attached hydrogens (primary N) is 1. The molecule has 0 aromatic rings. The number of carbonyl (C=O) groups is 1. The van der Waals surface area contributed by atoms with Crippen LogP contribution in [-0.2, 0) is 9.53 Å². The summed E-state index contributed by atoms with van der Waals surface area (Å²) in [5, 5.41) is 8.78. The molecular weight excluding hydrogens is 206 g/mol. The maximum absolute atomic E-state index is 10.7. The summed E-state index contributed by atoms with van der Waals surface area (Å²) < 4.78 is 5.51. The van der Waals surface area contributed by atoms with Crippen LogP contribution in [0.3, 0.4) is 0 Å². The third-order valence-corrected chi connectivity index (χ3v) is 3.49. The Balaban J connectivity index is 2.55. The van der Waals surface area contributed by atoms with Crippen LogP contribution < -0.4 is 5.73 Å². The Bertz CT molecular complexity index is 224. The number of ether oxygens (including phenoxy) is 1. The fraction of sp³-hybridized carbons (Fsp3) is 0.917. The van der Waals surface area contributed by atoms with E-state index in [1.54, 1.807) is 0 Å². The van der Waals surface area contributed by atoms with Crippen molar-refractivity contribution in [3.8, 4) is 0 Å². The minimum Gasteiger partial charge on any atom is -0.481 e. The minimum atomic E-state index is -0.727. The SMILES string of the molecule is CCC(N)CC1(CCC(=O)O)CCCOC1. The third-order valence-electron chi connectivity index (χ3n) is 3.49. The molecule has 0 aromatic heterocycles. The first kappa shape index (κ1) is 13.5. The summed E-state index contributed by atoms with van der Waals surface area (Å²) in [6.07, 6.45) is 4.81. The number of aliphatic carboxylic acids is 1. The van der Waals surface area contributed by atoms with Gasteiger partial charge in [0.05, 0.1) is 6.61 Å². The monoisotopic (exact) mass is 229 g/mol. The average molecular weight is 229 g/mol. The van der Waals surface area contributed by atoms with Crippen LogP contribution in [0.25, 0.3) is 0 Å². The van der Waals surface area contributed by atoms with Crippen molar-refractivity contribution in [3.05, 3.63) is 0 Å². The summed E-state index contributed by atoms with van der Waals surface area (Å²) in [5.41, 5.74) is 6.00. The van der Waals surface area contributed by atoms with E-state index in [0.717, 1.165) is 32.3 Å². The molecule has 0 saturated carbocycles. The maximum Gasteiger partial charge on any atom is 0.303 e. The Morgan fingerprint density at radius 2 is 2.38 bits per heavy atom. The molecule has 1 rings (SSSR count). The number of hydrogen-bond acceptors (Lipinski definition) is 3. The zero-order valence-corrected chi connectivity index (χ0v) is 10.1. The molecule has 4 heteroatoms. The molecule has 1 heterocycles. The highest BCUT2D eigenvalue weighted by Gasteiger charge is 2.34. The molecule has 4 nitrogen and oxygen atoms in total. The van der Waals surface area contributed by atoms with Gasteiger partial charge in [-0.3, -0.25) is 4.79 Å². The summed E-state index contributed by atoms with van der Waals surface area (Å²) >= 11 is 0. The van der Waals surface area contributed by atoms with Gasteiger partial charge in [0.15, 0.2) is 0 Å². The second-order valence-electron chi connectivity index (χ2n) is 4.92. The average Bonchev–Trinajstić information content (AvgIpc) is 2.28. The quantitative estimate of drug-likeness (QED) is 0.728. The largest absolute Gasteiger partial charge is 0.481 e. The lowest BCUT2D eigenvalue weighted by atomic mass is 9.73. The van der Waals surface area contributed by atoms with Gasteiger partial charge in [0.2, 0.25) is 0 Å². The second kappa shape index (κ2) is 6.21. The van der Waals surface area contributed by atoms with E-state index in [2.05, 4.69) is 6.92 Å². The van der Waals surface area contributed by atoms with E-state index in [9.17, 15) is 4.79 Å². The normalized spacial score (nSPS) is 27.6. The lowest BCUT2D eigenvalue weighted by Gasteiger charge is -2.38. The van der Waals surface area contributed by atoms with Crippen LogP contribution in [0.5, 0.6) is 0 Å².